The van der Waals surface area contributed by atoms with E-state index < -0.39 is 0 Å². The fourth-order valence-corrected chi connectivity index (χ4v) is 3.19. The first kappa shape index (κ1) is 16.8. The minimum Gasteiger partial charge on any atom is -0.384 e. The summed E-state index contributed by atoms with van der Waals surface area (Å²) in [5.74, 6) is 0.890. The zero-order valence-corrected chi connectivity index (χ0v) is 14.9. The van der Waals surface area contributed by atoms with Crippen molar-refractivity contribution in [1.82, 2.24) is 14.8 Å². The molecular weight excluding hydrogens is 334 g/mol. The van der Waals surface area contributed by atoms with Gasteiger partial charge in [-0.05, 0) is 47.4 Å². The van der Waals surface area contributed by atoms with Gasteiger partial charge in [0, 0.05) is 11.8 Å². The van der Waals surface area contributed by atoms with Crippen LogP contribution in [0.4, 0.5) is 11.6 Å². The highest BCUT2D eigenvalue weighted by molar-refractivity contribution is 5.60. The summed E-state index contributed by atoms with van der Waals surface area (Å²) in [4.78, 5) is 4.02. The lowest BCUT2D eigenvalue weighted by molar-refractivity contribution is 0.689. The van der Waals surface area contributed by atoms with Crippen LogP contribution in [0.1, 0.15) is 16.7 Å². The lowest BCUT2D eigenvalue weighted by Crippen LogP contribution is -2.00. The molecule has 0 radical (unpaired) electrons. The Morgan fingerprint density at radius 2 is 1.48 bits per heavy atom. The molecule has 2 aromatic carbocycles. The van der Waals surface area contributed by atoms with Crippen molar-refractivity contribution in [2.24, 2.45) is 0 Å². The third-order valence-electron chi connectivity index (χ3n) is 4.38. The highest BCUT2D eigenvalue weighted by Gasteiger charge is 2.06. The second-order valence-electron chi connectivity index (χ2n) is 6.59. The quantitative estimate of drug-likeness (QED) is 0.571. The lowest BCUT2D eigenvalue weighted by Gasteiger charge is -2.06. The number of benzene rings is 2. The molecule has 0 bridgehead atoms. The van der Waals surface area contributed by atoms with Gasteiger partial charge in [0.25, 0.3) is 0 Å². The molecule has 5 nitrogen and oxygen atoms in total. The van der Waals surface area contributed by atoms with E-state index in [1.807, 2.05) is 47.3 Å². The molecule has 0 amide bonds. The molecule has 134 valence electrons. The Hall–Kier alpha value is -3.60. The van der Waals surface area contributed by atoms with Gasteiger partial charge in [-0.3, -0.25) is 4.68 Å². The maximum atomic E-state index is 5.80. The maximum Gasteiger partial charge on any atom is 0.126 e. The third kappa shape index (κ3) is 4.15. The van der Waals surface area contributed by atoms with Gasteiger partial charge in [0.2, 0.25) is 0 Å². The summed E-state index contributed by atoms with van der Waals surface area (Å²) in [6, 6.07) is 24.5. The monoisotopic (exact) mass is 355 g/mol. The van der Waals surface area contributed by atoms with Gasteiger partial charge in [-0.1, -0.05) is 48.5 Å². The summed E-state index contributed by atoms with van der Waals surface area (Å²) in [6.45, 7) is 0.760. The summed E-state index contributed by atoms with van der Waals surface area (Å²) in [7, 11) is 0. The van der Waals surface area contributed by atoms with Crippen molar-refractivity contribution in [2.45, 2.75) is 13.0 Å². The highest BCUT2D eigenvalue weighted by Crippen LogP contribution is 2.21. The van der Waals surface area contributed by atoms with Gasteiger partial charge in [0.15, 0.2) is 0 Å². The van der Waals surface area contributed by atoms with Crippen molar-refractivity contribution in [3.8, 4) is 11.3 Å². The Morgan fingerprint density at radius 3 is 2.26 bits per heavy atom. The SMILES string of the molecule is Nc1cc(Cc2cccc(-c3ccn(Cc4ccccc4)n3)c2)cc(N)n1. The van der Waals surface area contributed by atoms with Crippen LogP contribution in [0.5, 0.6) is 0 Å². The van der Waals surface area contributed by atoms with E-state index in [-0.39, 0.29) is 0 Å². The van der Waals surface area contributed by atoms with E-state index in [0.29, 0.717) is 11.6 Å². The maximum absolute atomic E-state index is 5.80. The zero-order chi connectivity index (χ0) is 18.6. The molecule has 0 aliphatic rings. The number of hydrogen-bond acceptors (Lipinski definition) is 4. The van der Waals surface area contributed by atoms with Crippen LogP contribution in [0.15, 0.2) is 79.0 Å². The van der Waals surface area contributed by atoms with Crippen molar-refractivity contribution in [3.05, 3.63) is 95.7 Å². The van der Waals surface area contributed by atoms with Crippen LogP contribution in [0.2, 0.25) is 0 Å². The molecule has 0 fully saturated rings. The Kier molecular flexibility index (Phi) is 4.58. The molecule has 0 saturated carbocycles. The average molecular weight is 355 g/mol. The second kappa shape index (κ2) is 7.33. The normalized spacial score (nSPS) is 10.8. The van der Waals surface area contributed by atoms with E-state index in [2.05, 4.69) is 41.4 Å². The summed E-state index contributed by atoms with van der Waals surface area (Å²) < 4.78 is 1.96. The minimum absolute atomic E-state index is 0.445. The minimum atomic E-state index is 0.445. The molecule has 2 aromatic heterocycles. The van der Waals surface area contributed by atoms with Crippen molar-refractivity contribution in [2.75, 3.05) is 11.5 Å². The number of nitrogens with two attached hydrogens (primary N) is 2. The van der Waals surface area contributed by atoms with Gasteiger partial charge in [-0.25, -0.2) is 4.98 Å². The largest absolute Gasteiger partial charge is 0.384 e. The molecule has 2 heterocycles. The number of nitrogens with zero attached hydrogens (tertiary/aromatic N) is 3. The first-order chi connectivity index (χ1) is 13.2. The summed E-state index contributed by atoms with van der Waals surface area (Å²) in [5, 5.41) is 4.72. The zero-order valence-electron chi connectivity index (χ0n) is 14.9. The molecule has 4 N–H and O–H groups in total. The van der Waals surface area contributed by atoms with E-state index in [4.69, 9.17) is 16.6 Å². The van der Waals surface area contributed by atoms with E-state index in [0.717, 1.165) is 29.8 Å². The number of rotatable bonds is 5. The molecule has 0 aliphatic heterocycles. The van der Waals surface area contributed by atoms with Crippen LogP contribution >= 0.6 is 0 Å². The summed E-state index contributed by atoms with van der Waals surface area (Å²) in [5.41, 5.74) is 17.1. The van der Waals surface area contributed by atoms with Gasteiger partial charge in [-0.15, -0.1) is 0 Å². The van der Waals surface area contributed by atoms with Crippen molar-refractivity contribution in [3.63, 3.8) is 0 Å². The van der Waals surface area contributed by atoms with Gasteiger partial charge in [-0.2, -0.15) is 5.10 Å². The van der Waals surface area contributed by atoms with Crippen LogP contribution in [0.25, 0.3) is 11.3 Å². The highest BCUT2D eigenvalue weighted by atomic mass is 15.3. The second-order valence-corrected chi connectivity index (χ2v) is 6.59. The topological polar surface area (TPSA) is 82.8 Å². The van der Waals surface area contributed by atoms with Crippen LogP contribution in [-0.4, -0.2) is 14.8 Å². The van der Waals surface area contributed by atoms with Crippen LogP contribution in [0, 0.1) is 0 Å². The van der Waals surface area contributed by atoms with Gasteiger partial charge < -0.3 is 11.5 Å². The summed E-state index contributed by atoms with van der Waals surface area (Å²) in [6.07, 6.45) is 2.76. The average Bonchev–Trinajstić information content (AvgIpc) is 3.10. The van der Waals surface area contributed by atoms with Crippen molar-refractivity contribution >= 4 is 11.6 Å². The van der Waals surface area contributed by atoms with Crippen LogP contribution in [-0.2, 0) is 13.0 Å². The lowest BCUT2D eigenvalue weighted by atomic mass is 10.0. The number of anilines is 2. The smallest absolute Gasteiger partial charge is 0.126 e. The predicted octanol–water partition coefficient (Wildman–Crippen LogP) is 3.75. The first-order valence-corrected chi connectivity index (χ1v) is 8.84. The van der Waals surface area contributed by atoms with Crippen molar-refractivity contribution in [1.29, 1.82) is 0 Å². The van der Waals surface area contributed by atoms with Crippen molar-refractivity contribution < 1.29 is 0 Å². The fraction of sp³-hybridized carbons (Fsp3) is 0.0909. The molecule has 0 atom stereocenters. The van der Waals surface area contributed by atoms with Gasteiger partial charge >= 0.3 is 0 Å². The van der Waals surface area contributed by atoms with Gasteiger partial charge in [0.05, 0.1) is 12.2 Å². The third-order valence-corrected chi connectivity index (χ3v) is 4.38. The Balaban J connectivity index is 1.54. The Labute approximate surface area is 158 Å². The van der Waals surface area contributed by atoms with E-state index in [9.17, 15) is 0 Å². The number of hydrogen-bond donors (Lipinski definition) is 2. The van der Waals surface area contributed by atoms with E-state index in [1.54, 1.807) is 0 Å². The molecule has 4 rings (SSSR count). The number of pyridine rings is 1. The molecule has 0 spiro atoms. The summed E-state index contributed by atoms with van der Waals surface area (Å²) >= 11 is 0. The molecular formula is C22H21N5. The molecule has 0 aliphatic carbocycles. The number of aromatic nitrogens is 3. The molecule has 0 saturated heterocycles. The molecule has 4 aromatic rings. The molecule has 5 heteroatoms. The Morgan fingerprint density at radius 1 is 0.741 bits per heavy atom. The predicted molar refractivity (Wildman–Crippen MR) is 109 cm³/mol. The Bertz CT molecular complexity index is 1030. The van der Waals surface area contributed by atoms with Crippen LogP contribution in [0.3, 0.4) is 0 Å². The van der Waals surface area contributed by atoms with Crippen LogP contribution < -0.4 is 11.5 Å². The van der Waals surface area contributed by atoms with E-state index >= 15 is 0 Å². The fourth-order valence-electron chi connectivity index (χ4n) is 3.19. The molecule has 0 unspecified atom stereocenters. The van der Waals surface area contributed by atoms with E-state index in [1.165, 1.54) is 11.1 Å². The molecule has 27 heavy (non-hydrogen) atoms. The standard InChI is InChI=1S/C22H21N5/c23-21-13-18(14-22(24)25-21)11-17-7-4-8-19(12-17)20-9-10-27(26-20)15-16-5-2-1-3-6-16/h1-10,12-14H,11,15H2,(H4,23,24,25). The number of nitrogen functional groups attached to an aromatic ring is 2. The van der Waals surface area contributed by atoms with Gasteiger partial charge in [0.1, 0.15) is 11.6 Å². The first-order valence-electron chi connectivity index (χ1n) is 8.84.